The largest absolute Gasteiger partial charge is 0.481 e. The minimum Gasteiger partial charge on any atom is -0.481 e. The van der Waals surface area contributed by atoms with E-state index >= 15 is 0 Å². The van der Waals surface area contributed by atoms with E-state index in [9.17, 15) is 14.7 Å². The molecular weight excluding hydrogens is 268 g/mol. The smallest absolute Gasteiger partial charge is 0.311 e. The van der Waals surface area contributed by atoms with E-state index in [-0.39, 0.29) is 12.5 Å². The lowest BCUT2D eigenvalue weighted by atomic mass is 9.82. The van der Waals surface area contributed by atoms with Crippen molar-refractivity contribution in [3.63, 3.8) is 0 Å². The summed E-state index contributed by atoms with van der Waals surface area (Å²) >= 11 is 0. The maximum absolute atomic E-state index is 12.2. The number of aliphatic carboxylic acids is 1. The maximum Gasteiger partial charge on any atom is 0.311 e. The van der Waals surface area contributed by atoms with Crippen LogP contribution < -0.4 is 10.2 Å². The van der Waals surface area contributed by atoms with E-state index < -0.39 is 11.4 Å². The van der Waals surface area contributed by atoms with Crippen molar-refractivity contribution < 1.29 is 14.7 Å². The van der Waals surface area contributed by atoms with Crippen LogP contribution in [-0.4, -0.2) is 37.6 Å². The second-order valence-electron chi connectivity index (χ2n) is 5.42. The molecule has 0 radical (unpaired) electrons. The van der Waals surface area contributed by atoms with Gasteiger partial charge in [-0.15, -0.1) is 0 Å². The van der Waals surface area contributed by atoms with Crippen molar-refractivity contribution in [3.05, 3.63) is 29.8 Å². The Kier molecular flexibility index (Phi) is 5.76. The van der Waals surface area contributed by atoms with Crippen molar-refractivity contribution in [1.82, 2.24) is 5.32 Å². The molecule has 0 unspecified atom stereocenters. The van der Waals surface area contributed by atoms with E-state index in [0.29, 0.717) is 18.4 Å². The van der Waals surface area contributed by atoms with Crippen molar-refractivity contribution in [2.24, 2.45) is 5.41 Å². The van der Waals surface area contributed by atoms with Gasteiger partial charge in [-0.2, -0.15) is 0 Å². The maximum atomic E-state index is 12.2. The first-order chi connectivity index (χ1) is 9.86. The van der Waals surface area contributed by atoms with Crippen molar-refractivity contribution in [1.29, 1.82) is 0 Å². The Morgan fingerprint density at radius 1 is 1.24 bits per heavy atom. The predicted molar refractivity (Wildman–Crippen MR) is 83.8 cm³/mol. The second-order valence-corrected chi connectivity index (χ2v) is 5.42. The Bertz CT molecular complexity index is 508. The van der Waals surface area contributed by atoms with Gasteiger partial charge < -0.3 is 15.3 Å². The summed E-state index contributed by atoms with van der Waals surface area (Å²) in [5.41, 5.74) is 0.570. The van der Waals surface area contributed by atoms with Crippen LogP contribution in [0.5, 0.6) is 0 Å². The predicted octanol–water partition coefficient (Wildman–Crippen LogP) is 2.37. The quantitative estimate of drug-likeness (QED) is 0.809. The number of rotatable bonds is 7. The molecule has 0 aromatic heterocycles. The molecule has 0 aliphatic carbocycles. The van der Waals surface area contributed by atoms with Crippen LogP contribution in [0.4, 0.5) is 5.69 Å². The Labute approximate surface area is 126 Å². The fraction of sp³-hybridized carbons (Fsp3) is 0.500. The number of hydrogen-bond acceptors (Lipinski definition) is 3. The fourth-order valence-electron chi connectivity index (χ4n) is 2.15. The molecule has 0 heterocycles. The summed E-state index contributed by atoms with van der Waals surface area (Å²) in [5, 5.41) is 12.1. The number of benzene rings is 1. The van der Waals surface area contributed by atoms with Crippen molar-refractivity contribution in [2.75, 3.05) is 25.5 Å². The number of nitrogens with zero attached hydrogens (tertiary/aromatic N) is 1. The van der Waals surface area contributed by atoms with Crippen LogP contribution in [-0.2, 0) is 4.79 Å². The summed E-state index contributed by atoms with van der Waals surface area (Å²) in [7, 11) is 3.81. The van der Waals surface area contributed by atoms with Gasteiger partial charge in [0.15, 0.2) is 0 Å². The van der Waals surface area contributed by atoms with Crippen molar-refractivity contribution in [2.45, 2.75) is 26.7 Å². The lowest BCUT2D eigenvalue weighted by Crippen LogP contribution is -2.42. The average molecular weight is 292 g/mol. The number of carboxylic acids is 1. The Balaban J connectivity index is 2.82. The summed E-state index contributed by atoms with van der Waals surface area (Å²) in [6, 6.07) is 7.24. The summed E-state index contributed by atoms with van der Waals surface area (Å²) in [5.74, 6) is -1.11. The zero-order valence-electron chi connectivity index (χ0n) is 13.1. The van der Waals surface area contributed by atoms with Crippen LogP contribution in [0.1, 0.15) is 37.0 Å². The summed E-state index contributed by atoms with van der Waals surface area (Å²) in [4.78, 5) is 25.5. The molecule has 0 fully saturated rings. The van der Waals surface area contributed by atoms with E-state index in [1.165, 1.54) is 0 Å². The van der Waals surface area contributed by atoms with E-state index in [4.69, 9.17) is 0 Å². The third-order valence-electron chi connectivity index (χ3n) is 4.02. The molecule has 1 aromatic carbocycles. The van der Waals surface area contributed by atoms with Gasteiger partial charge in [-0.1, -0.05) is 19.9 Å². The van der Waals surface area contributed by atoms with Crippen LogP contribution in [0.15, 0.2) is 24.3 Å². The molecule has 0 atom stereocenters. The Morgan fingerprint density at radius 3 is 2.33 bits per heavy atom. The minimum atomic E-state index is -0.894. The van der Waals surface area contributed by atoms with Gasteiger partial charge in [0, 0.05) is 31.9 Å². The van der Waals surface area contributed by atoms with Crippen LogP contribution in [0.25, 0.3) is 0 Å². The third kappa shape index (κ3) is 3.97. The van der Waals surface area contributed by atoms with Gasteiger partial charge in [-0.05, 0) is 31.0 Å². The van der Waals surface area contributed by atoms with Gasteiger partial charge in [0.2, 0.25) is 0 Å². The summed E-state index contributed by atoms with van der Waals surface area (Å²) in [6.07, 6.45) is 0.966. The van der Waals surface area contributed by atoms with Gasteiger partial charge in [-0.3, -0.25) is 9.59 Å². The molecule has 21 heavy (non-hydrogen) atoms. The zero-order chi connectivity index (χ0) is 16.0. The molecule has 0 saturated carbocycles. The zero-order valence-corrected chi connectivity index (χ0v) is 13.1. The lowest BCUT2D eigenvalue weighted by Gasteiger charge is -2.26. The van der Waals surface area contributed by atoms with Gasteiger partial charge in [-0.25, -0.2) is 0 Å². The minimum absolute atomic E-state index is 0.139. The number of anilines is 1. The van der Waals surface area contributed by atoms with E-state index in [2.05, 4.69) is 5.32 Å². The molecular formula is C16H24N2O3. The molecule has 116 valence electrons. The lowest BCUT2D eigenvalue weighted by molar-refractivity contribution is -0.149. The highest BCUT2D eigenvalue weighted by molar-refractivity contribution is 5.95. The Morgan fingerprint density at radius 2 is 1.86 bits per heavy atom. The van der Waals surface area contributed by atoms with Gasteiger partial charge in [0.25, 0.3) is 5.91 Å². The highest BCUT2D eigenvalue weighted by Gasteiger charge is 2.35. The molecule has 5 heteroatoms. The number of carbonyl (C=O) groups excluding carboxylic acids is 1. The van der Waals surface area contributed by atoms with E-state index in [0.717, 1.165) is 5.69 Å². The second kappa shape index (κ2) is 7.11. The van der Waals surface area contributed by atoms with E-state index in [1.54, 1.807) is 12.1 Å². The SMILES string of the molecule is CCC(CC)(CNC(=O)c1cccc(N(C)C)c1)C(=O)O. The third-order valence-corrected chi connectivity index (χ3v) is 4.02. The number of hydrogen-bond donors (Lipinski definition) is 2. The number of amides is 1. The molecule has 0 spiro atoms. The van der Waals surface area contributed by atoms with Gasteiger partial charge in [0.1, 0.15) is 0 Å². The van der Waals surface area contributed by atoms with Crippen LogP contribution in [0, 0.1) is 5.41 Å². The summed E-state index contributed by atoms with van der Waals surface area (Å²) in [6.45, 7) is 3.80. The van der Waals surface area contributed by atoms with E-state index in [1.807, 2.05) is 45.0 Å². The first kappa shape index (κ1) is 17.0. The number of carbonyl (C=O) groups is 2. The highest BCUT2D eigenvalue weighted by atomic mass is 16.4. The molecule has 1 amide bonds. The Hall–Kier alpha value is -2.04. The van der Waals surface area contributed by atoms with Crippen molar-refractivity contribution >= 4 is 17.6 Å². The molecule has 0 aliphatic rings. The van der Waals surface area contributed by atoms with Crippen LogP contribution in [0.3, 0.4) is 0 Å². The van der Waals surface area contributed by atoms with Crippen molar-refractivity contribution in [3.8, 4) is 0 Å². The fourth-order valence-corrected chi connectivity index (χ4v) is 2.15. The molecule has 5 nitrogen and oxygen atoms in total. The normalized spacial score (nSPS) is 11.0. The molecule has 0 bridgehead atoms. The van der Waals surface area contributed by atoms with Crippen LogP contribution >= 0.6 is 0 Å². The first-order valence-corrected chi connectivity index (χ1v) is 7.15. The molecule has 1 rings (SSSR count). The van der Waals surface area contributed by atoms with Gasteiger partial charge in [0.05, 0.1) is 5.41 Å². The topological polar surface area (TPSA) is 69.6 Å². The first-order valence-electron chi connectivity index (χ1n) is 7.15. The highest BCUT2D eigenvalue weighted by Crippen LogP contribution is 2.25. The monoisotopic (exact) mass is 292 g/mol. The van der Waals surface area contributed by atoms with Gasteiger partial charge >= 0.3 is 5.97 Å². The number of nitrogens with one attached hydrogen (secondary N) is 1. The average Bonchev–Trinajstić information content (AvgIpc) is 2.48. The number of carboxylic acid groups (broad SMARTS) is 1. The molecule has 0 saturated heterocycles. The standard InChI is InChI=1S/C16H24N2O3/c1-5-16(6-2,15(20)21)11-17-14(19)12-8-7-9-13(10-12)18(3)4/h7-10H,5-6,11H2,1-4H3,(H,17,19)(H,20,21). The molecule has 2 N–H and O–H groups in total. The van der Waals surface area contributed by atoms with Crippen LogP contribution in [0.2, 0.25) is 0 Å². The molecule has 0 aliphatic heterocycles. The molecule has 1 aromatic rings. The summed E-state index contributed by atoms with van der Waals surface area (Å²) < 4.78 is 0.